The topological polar surface area (TPSA) is 386 Å². The van der Waals surface area contributed by atoms with Gasteiger partial charge in [0, 0.05) is 47.1 Å². The summed E-state index contributed by atoms with van der Waals surface area (Å²) in [7, 11) is 6.01. The number of likely N-dealkylation sites (N-methyl/N-ethyl adjacent to an activating group) is 2. The van der Waals surface area contributed by atoms with Crippen LogP contribution in [0, 0.1) is 29.6 Å². The number of rotatable bonds is 34. The zero-order valence-electron chi connectivity index (χ0n) is 55.4. The molecule has 17 unspecified atom stereocenters. The highest BCUT2D eigenvalue weighted by Gasteiger charge is 2.47. The molecule has 27 nitrogen and oxygen atoms in total. The Hall–Kier alpha value is -6.56. The van der Waals surface area contributed by atoms with E-state index in [9.17, 15) is 58.8 Å². The summed E-state index contributed by atoms with van der Waals surface area (Å²) in [6, 6.07) is 8.62. The molecular formula is C64H104N10O17. The molecule has 0 aromatic heterocycles. The number of methoxy groups -OCH3 is 2. The fourth-order valence-electron chi connectivity index (χ4n) is 11.7. The van der Waals surface area contributed by atoms with Gasteiger partial charge in [0.15, 0.2) is 6.29 Å². The van der Waals surface area contributed by atoms with Crippen LogP contribution in [0.2, 0.25) is 0 Å². The number of primary amides is 1. The molecular weight excluding hydrogens is 1180 g/mol. The highest BCUT2D eigenvalue weighted by Crippen LogP contribution is 2.33. The predicted octanol–water partition coefficient (Wildman–Crippen LogP) is 2.26. The number of aliphatic hydroxyl groups excluding tert-OH is 4. The van der Waals surface area contributed by atoms with Crippen molar-refractivity contribution in [3.8, 4) is 0 Å². The third-order valence-electron chi connectivity index (χ3n) is 17.4. The lowest BCUT2D eigenvalue weighted by atomic mass is 9.89. The van der Waals surface area contributed by atoms with E-state index < -0.39 is 157 Å². The molecule has 2 aliphatic heterocycles. The minimum atomic E-state index is -1.69. The maximum atomic E-state index is 14.8. The second-order valence-corrected chi connectivity index (χ2v) is 25.1. The van der Waals surface area contributed by atoms with Gasteiger partial charge in [0.25, 0.3) is 0 Å². The van der Waals surface area contributed by atoms with Gasteiger partial charge in [0.05, 0.1) is 55.3 Å². The molecule has 0 radical (unpaired) electrons. The van der Waals surface area contributed by atoms with Crippen molar-refractivity contribution in [2.45, 2.75) is 206 Å². The molecule has 512 valence electrons. The molecule has 0 saturated carbocycles. The van der Waals surface area contributed by atoms with Crippen LogP contribution in [-0.2, 0) is 59.1 Å². The number of nitrogens with zero attached hydrogens (tertiary/aromatic N) is 3. The second kappa shape index (κ2) is 36.6. The van der Waals surface area contributed by atoms with Crippen LogP contribution >= 0.6 is 0 Å². The molecule has 2 aliphatic rings. The van der Waals surface area contributed by atoms with Gasteiger partial charge < -0.3 is 92.0 Å². The van der Waals surface area contributed by atoms with Crippen LogP contribution < -0.4 is 38.1 Å². The molecule has 2 heterocycles. The molecule has 0 aliphatic carbocycles. The molecule has 4 rings (SSSR count). The monoisotopic (exact) mass is 1280 g/mol. The van der Waals surface area contributed by atoms with Gasteiger partial charge in [-0.3, -0.25) is 33.7 Å². The van der Waals surface area contributed by atoms with Crippen LogP contribution in [0.5, 0.6) is 0 Å². The molecule has 9 amide bonds. The van der Waals surface area contributed by atoms with Gasteiger partial charge in [0.2, 0.25) is 35.4 Å². The number of aliphatic hydroxyl groups is 4. The van der Waals surface area contributed by atoms with E-state index in [2.05, 4.69) is 26.6 Å². The van der Waals surface area contributed by atoms with Crippen molar-refractivity contribution >= 4 is 53.3 Å². The van der Waals surface area contributed by atoms with Gasteiger partial charge in [-0.2, -0.15) is 0 Å². The average molecular weight is 1290 g/mol. The number of urea groups is 1. The summed E-state index contributed by atoms with van der Waals surface area (Å²) in [5.41, 5.74) is 12.7. The van der Waals surface area contributed by atoms with E-state index in [4.69, 9.17) is 35.2 Å². The number of amides is 9. The number of likely N-dealkylation sites (tertiary alicyclic amines) is 1. The van der Waals surface area contributed by atoms with Crippen molar-refractivity contribution in [2.75, 3.05) is 53.3 Å². The maximum Gasteiger partial charge on any atom is 0.410 e. The van der Waals surface area contributed by atoms with E-state index in [0.29, 0.717) is 49.0 Å². The van der Waals surface area contributed by atoms with Gasteiger partial charge in [-0.15, -0.1) is 0 Å². The minimum absolute atomic E-state index is 0.139. The Morgan fingerprint density at radius 3 is 1.98 bits per heavy atom. The first-order chi connectivity index (χ1) is 42.9. The molecule has 13 N–H and O–H groups in total. The minimum Gasteiger partial charge on any atom is -0.445 e. The zero-order valence-corrected chi connectivity index (χ0v) is 55.4. The van der Waals surface area contributed by atoms with Gasteiger partial charge in [-0.05, 0) is 79.5 Å². The Labute approximate surface area is 535 Å². The van der Waals surface area contributed by atoms with E-state index in [1.165, 1.54) is 31.1 Å². The fourth-order valence-corrected chi connectivity index (χ4v) is 11.7. The molecule has 17 atom stereocenters. The van der Waals surface area contributed by atoms with E-state index in [1.54, 1.807) is 122 Å². The first-order valence-electron chi connectivity index (χ1n) is 31.6. The summed E-state index contributed by atoms with van der Waals surface area (Å²) < 4.78 is 29.7. The number of nitrogens with two attached hydrogens (primary N) is 2. The lowest BCUT2D eigenvalue weighted by Gasteiger charge is -2.42. The number of carbonyl (C=O) groups excluding carboxylic acids is 8. The first kappa shape index (κ1) is 76.9. The molecule has 0 bridgehead atoms. The third-order valence-corrected chi connectivity index (χ3v) is 17.4. The number of nitrogens with one attached hydrogen (secondary N) is 5. The van der Waals surface area contributed by atoms with Crippen LogP contribution in [0.4, 0.5) is 15.3 Å². The van der Waals surface area contributed by atoms with Crippen molar-refractivity contribution in [3.05, 3.63) is 65.7 Å². The summed E-state index contributed by atoms with van der Waals surface area (Å²) in [6.45, 7) is 17.7. The molecule has 27 heteroatoms. The summed E-state index contributed by atoms with van der Waals surface area (Å²) in [4.78, 5) is 114. The second-order valence-electron chi connectivity index (χ2n) is 25.1. The number of hydrogen-bond acceptors (Lipinski definition) is 18. The van der Waals surface area contributed by atoms with Crippen LogP contribution in [0.15, 0.2) is 54.6 Å². The quantitative estimate of drug-likeness (QED) is 0.0448. The van der Waals surface area contributed by atoms with Crippen molar-refractivity contribution < 1.29 is 82.5 Å². The molecule has 2 aromatic rings. The van der Waals surface area contributed by atoms with E-state index in [-0.39, 0.29) is 43.7 Å². The van der Waals surface area contributed by atoms with E-state index >= 15 is 0 Å². The summed E-state index contributed by atoms with van der Waals surface area (Å²) >= 11 is 0. The van der Waals surface area contributed by atoms with Crippen LogP contribution in [0.1, 0.15) is 125 Å². The van der Waals surface area contributed by atoms with Gasteiger partial charge in [0.1, 0.15) is 55.3 Å². The standard InChI is InChI=1S/C64H104N10O17/c1-15-37(8)51(45(87-13)31-47(76)74-30-20-24-44(74)55(88-14)38(9)57(80)68-39(10)56(41-21-17-16-18-22-41)91-62-54(79)53(78)52(77)46(32-75)90-62)72(11)61(84)49(35(4)5)71-60(83)50(36(6)7)73(12)64(86)89-33-40-25-27-42(28-26-40)69-58(81)43(23-19-29-67-63(66)85)70-59(82)48(65)34(2)3/h16-18,21-22,25-28,34-39,43-46,48-56,62,75,77-79H,15,19-20,23-24,29-33,65H2,1-14H3,(H,68,80)(H,69,81)(H,70,82)(H,71,83)(H3,66,67,85). The van der Waals surface area contributed by atoms with Crippen molar-refractivity contribution in [3.63, 3.8) is 0 Å². The number of ether oxygens (including phenoxy) is 5. The van der Waals surface area contributed by atoms with Gasteiger partial charge >= 0.3 is 12.1 Å². The largest absolute Gasteiger partial charge is 0.445 e. The van der Waals surface area contributed by atoms with Crippen molar-refractivity contribution in [1.29, 1.82) is 0 Å². The SMILES string of the molecule is CCC(C)C(C(CC(=O)N1CCCC1C(OC)C(C)C(=O)NC(C)C(OC1OC(CO)C(O)C(O)C1O)c1ccccc1)OC)N(C)C(=O)C(NC(=O)C(C(C)C)N(C)C(=O)OCc1ccc(NC(=O)C(CCCNC(N)=O)NC(=O)C(N)C(C)C)cc1)C(C)C. The zero-order chi connectivity index (χ0) is 68.1. The maximum absolute atomic E-state index is 14.8. The molecule has 2 fully saturated rings. The average Bonchev–Trinajstić information content (AvgIpc) is 1.73. The fraction of sp³-hybridized carbons (Fsp3) is 0.688. The van der Waals surface area contributed by atoms with E-state index in [1.807, 2.05) is 13.8 Å². The van der Waals surface area contributed by atoms with Crippen LogP contribution in [0.3, 0.4) is 0 Å². The highest BCUT2D eigenvalue weighted by atomic mass is 16.7. The number of hydrogen-bond donors (Lipinski definition) is 11. The number of anilines is 1. The summed E-state index contributed by atoms with van der Waals surface area (Å²) in [5, 5.41) is 55.4. The Morgan fingerprint density at radius 1 is 0.769 bits per heavy atom. The lowest BCUT2D eigenvalue weighted by Crippen LogP contribution is -2.60. The number of benzene rings is 2. The summed E-state index contributed by atoms with van der Waals surface area (Å²) in [6.07, 6.45) is -8.93. The predicted molar refractivity (Wildman–Crippen MR) is 338 cm³/mol. The molecule has 2 saturated heterocycles. The summed E-state index contributed by atoms with van der Waals surface area (Å²) in [5.74, 6) is -4.86. The van der Waals surface area contributed by atoms with E-state index in [0.717, 1.165) is 0 Å². The Bertz CT molecular complexity index is 2660. The van der Waals surface area contributed by atoms with Gasteiger partial charge in [-0.25, -0.2) is 9.59 Å². The smallest absolute Gasteiger partial charge is 0.410 e. The van der Waals surface area contributed by atoms with Crippen LogP contribution in [-0.4, -0.2) is 216 Å². The first-order valence-corrected chi connectivity index (χ1v) is 31.6. The Morgan fingerprint density at radius 2 is 1.42 bits per heavy atom. The lowest BCUT2D eigenvalue weighted by molar-refractivity contribution is -0.314. The number of carbonyl (C=O) groups is 8. The third kappa shape index (κ3) is 21.2. The molecule has 0 spiro atoms. The highest BCUT2D eigenvalue weighted by molar-refractivity contribution is 5.98. The Kier molecular flexibility index (Phi) is 30.9. The van der Waals surface area contributed by atoms with Gasteiger partial charge in [-0.1, -0.05) is 111 Å². The Balaban J connectivity index is 1.43. The molecule has 2 aromatic carbocycles. The molecule has 91 heavy (non-hydrogen) atoms. The van der Waals surface area contributed by atoms with Crippen LogP contribution in [0.25, 0.3) is 0 Å². The van der Waals surface area contributed by atoms with Crippen molar-refractivity contribution in [1.82, 2.24) is 36.0 Å². The normalized spacial score (nSPS) is 22.0. The van der Waals surface area contributed by atoms with Crippen molar-refractivity contribution in [2.24, 2.45) is 41.1 Å².